The number of nitrogens with zero attached hydrogens (tertiary/aromatic N) is 1. The summed E-state index contributed by atoms with van der Waals surface area (Å²) in [4.78, 5) is 27.1. The van der Waals surface area contributed by atoms with Gasteiger partial charge in [0.1, 0.15) is 12.4 Å². The highest BCUT2D eigenvalue weighted by Crippen LogP contribution is 2.45. The van der Waals surface area contributed by atoms with Crippen LogP contribution < -0.4 is 0 Å². The Bertz CT molecular complexity index is 893. The highest BCUT2D eigenvalue weighted by atomic mass is 16.6. The quantitative estimate of drug-likeness (QED) is 0.726. The van der Waals surface area contributed by atoms with E-state index in [2.05, 4.69) is 48.5 Å². The van der Waals surface area contributed by atoms with Gasteiger partial charge in [-0.15, -0.1) is 0 Å². The van der Waals surface area contributed by atoms with Gasteiger partial charge in [-0.2, -0.15) is 0 Å². The van der Waals surface area contributed by atoms with Gasteiger partial charge in [0.15, 0.2) is 0 Å². The molecule has 2 unspecified atom stereocenters. The zero-order valence-electron chi connectivity index (χ0n) is 16.8. The Balaban J connectivity index is 1.30. The van der Waals surface area contributed by atoms with Crippen LogP contribution in [-0.2, 0) is 9.53 Å². The minimum atomic E-state index is -0.207. The van der Waals surface area contributed by atoms with Gasteiger partial charge in [0.25, 0.3) is 0 Å². The summed E-state index contributed by atoms with van der Waals surface area (Å²) in [7, 11) is 0. The van der Waals surface area contributed by atoms with Crippen LogP contribution in [0.15, 0.2) is 48.5 Å². The number of carbonyl (C=O) groups excluding carboxylic acids is 2. The van der Waals surface area contributed by atoms with Gasteiger partial charge in [-0.05, 0) is 47.9 Å². The number of amides is 1. The maximum absolute atomic E-state index is 13.0. The van der Waals surface area contributed by atoms with E-state index in [4.69, 9.17) is 4.74 Å². The molecule has 0 spiro atoms. The minimum Gasteiger partial charge on any atom is -0.448 e. The minimum absolute atomic E-state index is 0.0863. The molecule has 29 heavy (non-hydrogen) atoms. The number of hydrogen-bond donors (Lipinski definition) is 0. The summed E-state index contributed by atoms with van der Waals surface area (Å²) in [6.07, 6.45) is 3.96. The van der Waals surface area contributed by atoms with E-state index < -0.39 is 0 Å². The molecule has 0 saturated carbocycles. The van der Waals surface area contributed by atoms with Crippen molar-refractivity contribution >= 4 is 11.9 Å². The lowest BCUT2D eigenvalue weighted by Crippen LogP contribution is -2.48. The Labute approximate surface area is 171 Å². The first-order valence-electron chi connectivity index (χ1n) is 10.8. The van der Waals surface area contributed by atoms with Crippen LogP contribution >= 0.6 is 0 Å². The van der Waals surface area contributed by atoms with Crippen molar-refractivity contribution in [2.24, 2.45) is 5.92 Å². The van der Waals surface area contributed by atoms with E-state index in [-0.39, 0.29) is 30.0 Å². The van der Waals surface area contributed by atoms with Gasteiger partial charge in [0.2, 0.25) is 0 Å². The number of ether oxygens (including phenoxy) is 1. The third-order valence-electron chi connectivity index (χ3n) is 7.08. The van der Waals surface area contributed by atoms with Crippen LogP contribution in [-0.4, -0.2) is 35.5 Å². The Morgan fingerprint density at radius 1 is 0.931 bits per heavy atom. The van der Waals surface area contributed by atoms with Crippen LogP contribution in [0.2, 0.25) is 0 Å². The van der Waals surface area contributed by atoms with Crippen LogP contribution in [0.5, 0.6) is 0 Å². The Hall–Kier alpha value is -2.62. The Morgan fingerprint density at radius 3 is 2.03 bits per heavy atom. The summed E-state index contributed by atoms with van der Waals surface area (Å²) >= 11 is 0. The van der Waals surface area contributed by atoms with Crippen molar-refractivity contribution in [1.82, 2.24) is 4.90 Å². The van der Waals surface area contributed by atoms with Crippen LogP contribution in [0.1, 0.15) is 56.1 Å². The topological polar surface area (TPSA) is 46.6 Å². The van der Waals surface area contributed by atoms with E-state index >= 15 is 0 Å². The molecule has 2 aliphatic heterocycles. The molecule has 2 heterocycles. The van der Waals surface area contributed by atoms with E-state index in [1.807, 2.05) is 11.8 Å². The predicted octanol–water partition coefficient (Wildman–Crippen LogP) is 5.16. The van der Waals surface area contributed by atoms with Crippen molar-refractivity contribution < 1.29 is 14.3 Å². The first kappa shape index (κ1) is 18.4. The second-order valence-corrected chi connectivity index (χ2v) is 8.58. The molecule has 2 aromatic rings. The third-order valence-corrected chi connectivity index (χ3v) is 7.08. The number of ketones is 1. The Kier molecular flexibility index (Phi) is 4.65. The Morgan fingerprint density at radius 2 is 1.48 bits per heavy atom. The van der Waals surface area contributed by atoms with Gasteiger partial charge < -0.3 is 9.64 Å². The average Bonchev–Trinajstić information content (AvgIpc) is 3.22. The van der Waals surface area contributed by atoms with Crippen LogP contribution in [0.4, 0.5) is 4.79 Å². The number of fused-ring (bicyclic) bond motifs is 5. The largest absolute Gasteiger partial charge is 0.448 e. The lowest BCUT2D eigenvalue weighted by molar-refractivity contribution is -0.124. The molecule has 150 valence electrons. The summed E-state index contributed by atoms with van der Waals surface area (Å²) in [6.45, 7) is 2.29. The molecular weight excluding hydrogens is 362 g/mol. The standard InChI is InChI=1S/C25H27NO3/c1-2-24(27)16-13-17-11-12-18(14-16)26(17)25(28)29-15-23-21-9-5-3-7-19(21)20-8-4-6-10-22(20)23/h3-10,16-18,23H,2,11-15H2,1H3. The summed E-state index contributed by atoms with van der Waals surface area (Å²) in [5, 5.41) is 0. The van der Waals surface area contributed by atoms with E-state index in [1.54, 1.807) is 0 Å². The maximum atomic E-state index is 13.0. The fraction of sp³-hybridized carbons (Fsp3) is 0.440. The molecule has 4 nitrogen and oxygen atoms in total. The van der Waals surface area contributed by atoms with Crippen LogP contribution in [0, 0.1) is 5.92 Å². The van der Waals surface area contributed by atoms with Crippen LogP contribution in [0.25, 0.3) is 11.1 Å². The molecule has 0 N–H and O–H groups in total. The lowest BCUT2D eigenvalue weighted by Gasteiger charge is -2.37. The van der Waals surface area contributed by atoms with Gasteiger partial charge in [0, 0.05) is 30.3 Å². The zero-order valence-corrected chi connectivity index (χ0v) is 16.8. The lowest BCUT2D eigenvalue weighted by atomic mass is 9.87. The van der Waals surface area contributed by atoms with Crippen molar-refractivity contribution in [2.45, 2.75) is 57.0 Å². The van der Waals surface area contributed by atoms with Crippen molar-refractivity contribution in [1.29, 1.82) is 0 Å². The number of rotatable bonds is 4. The maximum Gasteiger partial charge on any atom is 0.410 e. The van der Waals surface area contributed by atoms with Crippen molar-refractivity contribution in [3.63, 3.8) is 0 Å². The molecule has 5 rings (SSSR count). The van der Waals surface area contributed by atoms with Gasteiger partial charge in [-0.1, -0.05) is 55.5 Å². The molecule has 1 aliphatic carbocycles. The second-order valence-electron chi connectivity index (χ2n) is 8.58. The summed E-state index contributed by atoms with van der Waals surface area (Å²) in [5.74, 6) is 0.549. The molecule has 0 aromatic heterocycles. The van der Waals surface area contributed by atoms with Gasteiger partial charge in [-0.25, -0.2) is 4.79 Å². The number of piperidine rings is 1. The molecular formula is C25H27NO3. The van der Waals surface area contributed by atoms with Gasteiger partial charge in [0.05, 0.1) is 0 Å². The molecule has 2 aromatic carbocycles. The zero-order chi connectivity index (χ0) is 20.0. The van der Waals surface area contributed by atoms with E-state index in [9.17, 15) is 9.59 Å². The van der Waals surface area contributed by atoms with Gasteiger partial charge in [-0.3, -0.25) is 4.79 Å². The summed E-state index contributed by atoms with van der Waals surface area (Å²) in [6, 6.07) is 17.1. The molecule has 2 bridgehead atoms. The monoisotopic (exact) mass is 389 g/mol. The molecule has 0 radical (unpaired) electrons. The average molecular weight is 389 g/mol. The van der Waals surface area contributed by atoms with Crippen molar-refractivity contribution in [3.05, 3.63) is 59.7 Å². The number of benzene rings is 2. The fourth-order valence-corrected chi connectivity index (χ4v) is 5.70. The fourth-order valence-electron chi connectivity index (χ4n) is 5.70. The van der Waals surface area contributed by atoms with Gasteiger partial charge >= 0.3 is 6.09 Å². The molecule has 3 aliphatic rings. The second kappa shape index (κ2) is 7.33. The van der Waals surface area contributed by atoms with Crippen molar-refractivity contribution in [3.8, 4) is 11.1 Å². The number of hydrogen-bond acceptors (Lipinski definition) is 3. The smallest absolute Gasteiger partial charge is 0.410 e. The summed E-state index contributed by atoms with van der Waals surface area (Å²) < 4.78 is 5.88. The molecule has 4 heteroatoms. The third kappa shape index (κ3) is 3.06. The van der Waals surface area contributed by atoms with Crippen molar-refractivity contribution in [2.75, 3.05) is 6.61 Å². The van der Waals surface area contributed by atoms with E-state index in [1.165, 1.54) is 22.3 Å². The summed E-state index contributed by atoms with van der Waals surface area (Å²) in [5.41, 5.74) is 4.94. The van der Waals surface area contributed by atoms with Crippen LogP contribution in [0.3, 0.4) is 0 Å². The van der Waals surface area contributed by atoms with E-state index in [0.717, 1.165) is 25.7 Å². The molecule has 1 amide bonds. The molecule has 2 atom stereocenters. The first-order chi connectivity index (χ1) is 14.2. The molecule has 2 saturated heterocycles. The molecule has 2 fully saturated rings. The first-order valence-corrected chi connectivity index (χ1v) is 10.8. The number of carbonyl (C=O) groups is 2. The number of Topliss-reactive ketones (excluding diaryl/α,β-unsaturated/α-hetero) is 1. The predicted molar refractivity (Wildman–Crippen MR) is 112 cm³/mol. The normalized spacial score (nSPS) is 24.9. The highest BCUT2D eigenvalue weighted by Gasteiger charge is 2.45. The SMILES string of the molecule is CCC(=O)C1CC2CCC(C1)N2C(=O)OCC1c2ccccc2-c2ccccc21. The van der Waals surface area contributed by atoms with E-state index in [0.29, 0.717) is 18.8 Å². The highest BCUT2D eigenvalue weighted by molar-refractivity contribution is 5.81.